The number of aliphatic hydroxyl groups excluding tert-OH is 1. The van der Waals surface area contributed by atoms with E-state index in [9.17, 15) is 9.90 Å². The van der Waals surface area contributed by atoms with E-state index in [0.29, 0.717) is 18.8 Å². The molecule has 1 unspecified atom stereocenters. The van der Waals surface area contributed by atoms with E-state index < -0.39 is 0 Å². The summed E-state index contributed by atoms with van der Waals surface area (Å²) in [7, 11) is 0. The quantitative estimate of drug-likeness (QED) is 0.762. The molecule has 1 fully saturated rings. The van der Waals surface area contributed by atoms with Crippen molar-refractivity contribution in [3.63, 3.8) is 0 Å². The Hall–Kier alpha value is -1.88. The molecule has 1 atom stereocenters. The number of carbonyl (C=O) groups is 1. The third-order valence-corrected chi connectivity index (χ3v) is 5.24. The lowest BCUT2D eigenvalue weighted by molar-refractivity contribution is -0.123. The monoisotopic (exact) mass is 329 g/mol. The smallest absolute Gasteiger partial charge is 0.220 e. The second kappa shape index (κ2) is 6.93. The van der Waals surface area contributed by atoms with Crippen LogP contribution in [0.15, 0.2) is 12.1 Å². The van der Waals surface area contributed by atoms with Gasteiger partial charge in [-0.05, 0) is 62.3 Å². The summed E-state index contributed by atoms with van der Waals surface area (Å²) in [5.74, 6) is 1.35. The fraction of sp³-hybridized carbons (Fsp3) is 0.579. The van der Waals surface area contributed by atoms with Crippen LogP contribution in [0, 0.1) is 19.8 Å². The first kappa shape index (κ1) is 17.0. The van der Waals surface area contributed by atoms with Crippen LogP contribution in [0.4, 0.5) is 0 Å². The van der Waals surface area contributed by atoms with E-state index in [-0.39, 0.29) is 18.1 Å². The van der Waals surface area contributed by atoms with Crippen LogP contribution < -0.4 is 5.32 Å². The molecule has 1 amide bonds. The number of H-pyrrole nitrogens is 1. The molecule has 130 valence electrons. The predicted molar refractivity (Wildman–Crippen MR) is 94.8 cm³/mol. The first-order valence-corrected chi connectivity index (χ1v) is 8.89. The van der Waals surface area contributed by atoms with Crippen LogP contribution in [-0.4, -0.2) is 33.1 Å². The molecule has 1 aromatic carbocycles. The Kier molecular flexibility index (Phi) is 4.90. The SMILES string of the molecule is CCC(NC(=O)CCc1nc2cc(C)c(C)cc2[nH]1)C1CC(O)C1. The standard InChI is InChI=1S/C19H27N3O2/c1-4-15(13-9-14(23)10-13)22-19(24)6-5-18-20-16-7-11(2)12(3)8-17(16)21-18/h7-8,13-15,23H,4-6,9-10H2,1-3H3,(H,20,21)(H,22,24). The number of amides is 1. The Bertz CT molecular complexity index is 693. The molecule has 5 heteroatoms. The van der Waals surface area contributed by atoms with Gasteiger partial charge in [-0.2, -0.15) is 0 Å². The minimum atomic E-state index is -0.177. The average Bonchev–Trinajstić information content (AvgIpc) is 2.90. The van der Waals surface area contributed by atoms with Gasteiger partial charge in [-0.25, -0.2) is 4.98 Å². The van der Waals surface area contributed by atoms with E-state index in [1.54, 1.807) is 0 Å². The maximum absolute atomic E-state index is 12.2. The van der Waals surface area contributed by atoms with Crippen LogP contribution in [-0.2, 0) is 11.2 Å². The highest BCUT2D eigenvalue weighted by molar-refractivity contribution is 5.78. The Labute approximate surface area is 142 Å². The Balaban J connectivity index is 1.56. The molecular formula is C19H27N3O2. The Morgan fingerprint density at radius 1 is 1.38 bits per heavy atom. The number of aryl methyl sites for hydroxylation is 3. The van der Waals surface area contributed by atoms with E-state index in [1.165, 1.54) is 11.1 Å². The molecule has 2 aromatic rings. The van der Waals surface area contributed by atoms with Gasteiger partial charge in [0.15, 0.2) is 0 Å². The average molecular weight is 329 g/mol. The number of aliphatic hydroxyl groups is 1. The van der Waals surface area contributed by atoms with Crippen molar-refractivity contribution in [1.82, 2.24) is 15.3 Å². The number of imidazole rings is 1. The maximum atomic E-state index is 12.2. The lowest BCUT2D eigenvalue weighted by atomic mass is 9.76. The second-order valence-electron chi connectivity index (χ2n) is 7.10. The number of hydrogen-bond acceptors (Lipinski definition) is 3. The van der Waals surface area contributed by atoms with Gasteiger partial charge in [0.05, 0.1) is 17.1 Å². The zero-order valence-electron chi connectivity index (χ0n) is 14.7. The topological polar surface area (TPSA) is 78.0 Å². The number of carbonyl (C=O) groups excluding carboxylic acids is 1. The van der Waals surface area contributed by atoms with Gasteiger partial charge in [0.1, 0.15) is 5.82 Å². The van der Waals surface area contributed by atoms with Crippen molar-refractivity contribution in [2.45, 2.75) is 65.0 Å². The summed E-state index contributed by atoms with van der Waals surface area (Å²) in [5.41, 5.74) is 4.46. The highest BCUT2D eigenvalue weighted by Gasteiger charge is 2.33. The molecule has 0 aliphatic heterocycles. The molecular weight excluding hydrogens is 302 g/mol. The summed E-state index contributed by atoms with van der Waals surface area (Å²) < 4.78 is 0. The summed E-state index contributed by atoms with van der Waals surface area (Å²) in [5, 5.41) is 12.6. The lowest BCUT2D eigenvalue weighted by Crippen LogP contribution is -2.46. The van der Waals surface area contributed by atoms with Crippen molar-refractivity contribution in [2.75, 3.05) is 0 Å². The minimum Gasteiger partial charge on any atom is -0.393 e. The fourth-order valence-electron chi connectivity index (χ4n) is 3.46. The third-order valence-electron chi connectivity index (χ3n) is 5.24. The fourth-order valence-corrected chi connectivity index (χ4v) is 3.46. The van der Waals surface area contributed by atoms with Gasteiger partial charge >= 0.3 is 0 Å². The maximum Gasteiger partial charge on any atom is 0.220 e. The molecule has 0 bridgehead atoms. The predicted octanol–water partition coefficient (Wildman–Crippen LogP) is 2.78. The van der Waals surface area contributed by atoms with Gasteiger partial charge in [-0.15, -0.1) is 0 Å². The number of benzene rings is 1. The van der Waals surface area contributed by atoms with Gasteiger partial charge in [0.25, 0.3) is 0 Å². The molecule has 1 saturated carbocycles. The largest absolute Gasteiger partial charge is 0.393 e. The molecule has 1 aliphatic carbocycles. The molecule has 0 radical (unpaired) electrons. The van der Waals surface area contributed by atoms with Crippen molar-refractivity contribution in [3.8, 4) is 0 Å². The van der Waals surface area contributed by atoms with Crippen LogP contribution in [0.25, 0.3) is 11.0 Å². The van der Waals surface area contributed by atoms with E-state index in [4.69, 9.17) is 0 Å². The van der Waals surface area contributed by atoms with E-state index in [1.807, 2.05) is 0 Å². The second-order valence-corrected chi connectivity index (χ2v) is 7.10. The van der Waals surface area contributed by atoms with Crippen LogP contribution in [0.2, 0.25) is 0 Å². The van der Waals surface area contributed by atoms with Crippen LogP contribution in [0.3, 0.4) is 0 Å². The summed E-state index contributed by atoms with van der Waals surface area (Å²) >= 11 is 0. The van der Waals surface area contributed by atoms with Crippen LogP contribution in [0.1, 0.15) is 49.6 Å². The summed E-state index contributed by atoms with van der Waals surface area (Å²) in [6.45, 7) is 6.25. The Morgan fingerprint density at radius 3 is 2.75 bits per heavy atom. The molecule has 5 nitrogen and oxygen atoms in total. The summed E-state index contributed by atoms with van der Waals surface area (Å²) in [6.07, 6.45) is 3.39. The number of aromatic amines is 1. The van der Waals surface area contributed by atoms with E-state index >= 15 is 0 Å². The Morgan fingerprint density at radius 2 is 2.08 bits per heavy atom. The highest BCUT2D eigenvalue weighted by Crippen LogP contribution is 2.31. The zero-order chi connectivity index (χ0) is 17.3. The minimum absolute atomic E-state index is 0.0658. The first-order valence-electron chi connectivity index (χ1n) is 8.89. The molecule has 3 rings (SSSR count). The third kappa shape index (κ3) is 3.61. The summed E-state index contributed by atoms with van der Waals surface area (Å²) in [6, 6.07) is 4.37. The van der Waals surface area contributed by atoms with E-state index in [0.717, 1.165) is 36.1 Å². The van der Waals surface area contributed by atoms with Crippen molar-refractivity contribution in [1.29, 1.82) is 0 Å². The highest BCUT2D eigenvalue weighted by atomic mass is 16.3. The van der Waals surface area contributed by atoms with Crippen molar-refractivity contribution in [3.05, 3.63) is 29.1 Å². The van der Waals surface area contributed by atoms with Crippen LogP contribution >= 0.6 is 0 Å². The van der Waals surface area contributed by atoms with Gasteiger partial charge in [0.2, 0.25) is 5.91 Å². The summed E-state index contributed by atoms with van der Waals surface area (Å²) in [4.78, 5) is 20.1. The molecule has 24 heavy (non-hydrogen) atoms. The van der Waals surface area contributed by atoms with Crippen LogP contribution in [0.5, 0.6) is 0 Å². The number of rotatable bonds is 6. The normalized spacial score (nSPS) is 21.5. The zero-order valence-corrected chi connectivity index (χ0v) is 14.7. The van der Waals surface area contributed by atoms with Gasteiger partial charge in [-0.1, -0.05) is 6.92 Å². The number of hydrogen-bond donors (Lipinski definition) is 3. The molecule has 1 aliphatic rings. The molecule has 3 N–H and O–H groups in total. The first-order chi connectivity index (χ1) is 11.5. The van der Waals surface area contributed by atoms with E-state index in [2.05, 4.69) is 48.2 Å². The number of nitrogens with zero attached hydrogens (tertiary/aromatic N) is 1. The van der Waals surface area contributed by atoms with Crippen molar-refractivity contribution >= 4 is 16.9 Å². The van der Waals surface area contributed by atoms with Crippen molar-refractivity contribution < 1.29 is 9.90 Å². The van der Waals surface area contributed by atoms with Gasteiger partial charge < -0.3 is 15.4 Å². The van der Waals surface area contributed by atoms with Gasteiger partial charge in [0, 0.05) is 18.9 Å². The van der Waals surface area contributed by atoms with Crippen molar-refractivity contribution in [2.24, 2.45) is 5.92 Å². The lowest BCUT2D eigenvalue weighted by Gasteiger charge is -2.37. The molecule has 1 aromatic heterocycles. The van der Waals surface area contributed by atoms with Gasteiger partial charge in [-0.3, -0.25) is 4.79 Å². The molecule has 1 heterocycles. The number of fused-ring (bicyclic) bond motifs is 1. The molecule has 0 saturated heterocycles. The molecule has 0 spiro atoms. The number of nitrogens with one attached hydrogen (secondary N) is 2. The number of aromatic nitrogens is 2.